The maximum Gasteiger partial charge on any atom is 0.332 e. The molecule has 0 spiro atoms. The van der Waals surface area contributed by atoms with Crippen LogP contribution in [0.25, 0.3) is 0 Å². The summed E-state index contributed by atoms with van der Waals surface area (Å²) in [6, 6.07) is 0. The molecule has 1 atom stereocenters. The highest BCUT2D eigenvalue weighted by Gasteiger charge is 2.23. The molecule has 0 radical (unpaired) electrons. The van der Waals surface area contributed by atoms with Crippen LogP contribution in [0.2, 0.25) is 0 Å². The van der Waals surface area contributed by atoms with Crippen molar-refractivity contribution in [2.75, 3.05) is 0 Å². The third-order valence-electron chi connectivity index (χ3n) is 2.73. The lowest BCUT2D eigenvalue weighted by Gasteiger charge is -2.25. The first-order chi connectivity index (χ1) is 7.24. The number of ether oxygens (including phenoxy) is 1. The topological polar surface area (TPSA) is 63.6 Å². The molecule has 1 rings (SSSR count). The number of carboxylic acids is 1. The van der Waals surface area contributed by atoms with Gasteiger partial charge >= 0.3 is 5.97 Å². The van der Waals surface area contributed by atoms with Crippen molar-refractivity contribution in [2.45, 2.75) is 57.2 Å². The van der Waals surface area contributed by atoms with Gasteiger partial charge in [-0.15, -0.1) is 0 Å². The Balaban J connectivity index is 2.34. The molecule has 1 saturated carbocycles. The Bertz CT molecular complexity index is 209. The molecule has 15 heavy (non-hydrogen) atoms. The largest absolute Gasteiger partial charge is 0.479 e. The van der Waals surface area contributed by atoms with E-state index in [0.717, 1.165) is 32.0 Å². The van der Waals surface area contributed by atoms with Crippen LogP contribution in [0.1, 0.15) is 44.9 Å². The Morgan fingerprint density at radius 2 is 2.07 bits per heavy atom. The summed E-state index contributed by atoms with van der Waals surface area (Å²) < 4.78 is 5.50. The second-order valence-electron chi connectivity index (χ2n) is 3.97. The summed E-state index contributed by atoms with van der Waals surface area (Å²) in [5.74, 6) is -0.956. The zero-order valence-corrected chi connectivity index (χ0v) is 8.85. The molecule has 1 fully saturated rings. The lowest BCUT2D eigenvalue weighted by Crippen LogP contribution is -2.30. The smallest absolute Gasteiger partial charge is 0.332 e. The van der Waals surface area contributed by atoms with Gasteiger partial charge in [-0.05, 0) is 19.3 Å². The van der Waals surface area contributed by atoms with Gasteiger partial charge in [-0.25, -0.2) is 4.79 Å². The first-order valence-corrected chi connectivity index (χ1v) is 5.56. The zero-order chi connectivity index (χ0) is 11.1. The van der Waals surface area contributed by atoms with Gasteiger partial charge in [-0.1, -0.05) is 19.3 Å². The van der Waals surface area contributed by atoms with Crippen molar-refractivity contribution in [2.24, 2.45) is 0 Å². The Kier molecular flexibility index (Phi) is 5.32. The van der Waals surface area contributed by atoms with Crippen LogP contribution in [0.15, 0.2) is 0 Å². The minimum Gasteiger partial charge on any atom is -0.479 e. The minimum absolute atomic E-state index is 0.0755. The number of carboxylic acid groups (broad SMARTS) is 1. The van der Waals surface area contributed by atoms with Crippen LogP contribution in [-0.4, -0.2) is 29.6 Å². The molecule has 1 aliphatic carbocycles. The van der Waals surface area contributed by atoms with E-state index in [1.54, 1.807) is 0 Å². The molecule has 0 amide bonds. The van der Waals surface area contributed by atoms with E-state index in [1.165, 1.54) is 6.42 Å². The normalized spacial score (nSPS) is 19.7. The molecule has 1 unspecified atom stereocenters. The lowest BCUT2D eigenvalue weighted by molar-refractivity contribution is -0.156. The first-order valence-electron chi connectivity index (χ1n) is 5.56. The molecule has 86 valence electrons. The predicted molar refractivity (Wildman–Crippen MR) is 54.7 cm³/mol. The van der Waals surface area contributed by atoms with Crippen LogP contribution < -0.4 is 0 Å². The van der Waals surface area contributed by atoms with E-state index >= 15 is 0 Å². The highest BCUT2D eigenvalue weighted by atomic mass is 16.5. The third kappa shape index (κ3) is 4.42. The molecule has 4 heteroatoms. The molecule has 0 bridgehead atoms. The van der Waals surface area contributed by atoms with Gasteiger partial charge in [0.15, 0.2) is 6.10 Å². The van der Waals surface area contributed by atoms with Gasteiger partial charge in [0.05, 0.1) is 6.10 Å². The van der Waals surface area contributed by atoms with E-state index in [9.17, 15) is 9.59 Å². The maximum absolute atomic E-state index is 10.8. The highest BCUT2D eigenvalue weighted by Crippen LogP contribution is 2.22. The van der Waals surface area contributed by atoms with Gasteiger partial charge in [-0.2, -0.15) is 0 Å². The van der Waals surface area contributed by atoms with Gasteiger partial charge in [0.25, 0.3) is 0 Å². The van der Waals surface area contributed by atoms with Crippen molar-refractivity contribution < 1.29 is 19.4 Å². The summed E-state index contributed by atoms with van der Waals surface area (Å²) in [4.78, 5) is 21.0. The second-order valence-corrected chi connectivity index (χ2v) is 3.97. The summed E-state index contributed by atoms with van der Waals surface area (Å²) in [6.45, 7) is 0. The Hall–Kier alpha value is -0.900. The van der Waals surface area contributed by atoms with E-state index in [4.69, 9.17) is 9.84 Å². The van der Waals surface area contributed by atoms with Crippen LogP contribution in [0, 0.1) is 0 Å². The summed E-state index contributed by atoms with van der Waals surface area (Å²) in [5.41, 5.74) is 0. The number of hydrogen-bond acceptors (Lipinski definition) is 3. The van der Waals surface area contributed by atoms with Gasteiger partial charge in [0.2, 0.25) is 0 Å². The second kappa shape index (κ2) is 6.56. The van der Waals surface area contributed by atoms with Gasteiger partial charge in [0, 0.05) is 6.42 Å². The number of aliphatic carboxylic acids is 1. The molecule has 0 heterocycles. The van der Waals surface area contributed by atoms with Crippen LogP contribution >= 0.6 is 0 Å². The predicted octanol–water partition coefficient (Wildman–Crippen LogP) is 1.77. The fourth-order valence-electron chi connectivity index (χ4n) is 1.90. The first kappa shape index (κ1) is 12.2. The molecule has 0 saturated heterocycles. The summed E-state index contributed by atoms with van der Waals surface area (Å²) in [5, 5.41) is 8.89. The molecule has 1 aliphatic rings. The van der Waals surface area contributed by atoms with Crippen molar-refractivity contribution in [1.29, 1.82) is 0 Å². The number of carbonyl (C=O) groups is 2. The molecule has 0 aromatic rings. The lowest BCUT2D eigenvalue weighted by atomic mass is 9.97. The molecule has 4 nitrogen and oxygen atoms in total. The molecular weight excluding hydrogens is 196 g/mol. The molecule has 0 aromatic carbocycles. The van der Waals surface area contributed by atoms with E-state index < -0.39 is 12.1 Å². The Morgan fingerprint density at radius 3 is 2.60 bits per heavy atom. The van der Waals surface area contributed by atoms with E-state index in [-0.39, 0.29) is 18.9 Å². The minimum atomic E-state index is -0.956. The fourth-order valence-corrected chi connectivity index (χ4v) is 1.90. The van der Waals surface area contributed by atoms with Crippen molar-refractivity contribution in [1.82, 2.24) is 0 Å². The number of rotatable bonds is 6. The summed E-state index contributed by atoms with van der Waals surface area (Å²) >= 11 is 0. The molecular formula is C11H18O4. The van der Waals surface area contributed by atoms with Crippen LogP contribution in [0.5, 0.6) is 0 Å². The van der Waals surface area contributed by atoms with E-state index in [2.05, 4.69) is 0 Å². The monoisotopic (exact) mass is 214 g/mol. The molecule has 0 aromatic heterocycles. The molecule has 1 N–H and O–H groups in total. The highest BCUT2D eigenvalue weighted by molar-refractivity contribution is 5.72. The fraction of sp³-hybridized carbons (Fsp3) is 0.818. The van der Waals surface area contributed by atoms with Gasteiger partial charge in [0.1, 0.15) is 6.29 Å². The summed E-state index contributed by atoms with van der Waals surface area (Å²) in [7, 11) is 0. The zero-order valence-electron chi connectivity index (χ0n) is 8.85. The van der Waals surface area contributed by atoms with Crippen molar-refractivity contribution in [3.05, 3.63) is 0 Å². The third-order valence-corrected chi connectivity index (χ3v) is 2.73. The number of aldehydes is 1. The average Bonchev–Trinajstić information content (AvgIpc) is 2.25. The quantitative estimate of drug-likeness (QED) is 0.684. The Labute approximate surface area is 89.6 Å². The van der Waals surface area contributed by atoms with Gasteiger partial charge in [-0.3, -0.25) is 0 Å². The maximum atomic E-state index is 10.8. The summed E-state index contributed by atoms with van der Waals surface area (Å²) in [6.07, 6.45) is 5.89. The van der Waals surface area contributed by atoms with Gasteiger partial charge < -0.3 is 14.6 Å². The Morgan fingerprint density at radius 1 is 1.40 bits per heavy atom. The number of hydrogen-bond donors (Lipinski definition) is 1. The van der Waals surface area contributed by atoms with Crippen molar-refractivity contribution in [3.8, 4) is 0 Å². The van der Waals surface area contributed by atoms with Crippen molar-refractivity contribution in [3.63, 3.8) is 0 Å². The van der Waals surface area contributed by atoms with E-state index in [1.807, 2.05) is 0 Å². The SMILES string of the molecule is O=CCCC(OC1CCCCC1)C(=O)O. The number of carbonyl (C=O) groups excluding carboxylic acids is 1. The molecule has 0 aliphatic heterocycles. The van der Waals surface area contributed by atoms with Crippen LogP contribution in [-0.2, 0) is 14.3 Å². The van der Waals surface area contributed by atoms with Crippen LogP contribution in [0.4, 0.5) is 0 Å². The van der Waals surface area contributed by atoms with Crippen LogP contribution in [0.3, 0.4) is 0 Å². The van der Waals surface area contributed by atoms with Crippen molar-refractivity contribution >= 4 is 12.3 Å². The average molecular weight is 214 g/mol. The van der Waals surface area contributed by atoms with E-state index in [0.29, 0.717) is 0 Å². The standard InChI is InChI=1S/C11H18O4/c12-8-4-7-10(11(13)14)15-9-5-2-1-3-6-9/h8-10H,1-7H2,(H,13,14).